The van der Waals surface area contributed by atoms with Gasteiger partial charge in [-0.3, -0.25) is 4.79 Å². The van der Waals surface area contributed by atoms with Gasteiger partial charge in [-0.05, 0) is 43.3 Å². The van der Waals surface area contributed by atoms with Gasteiger partial charge in [0.1, 0.15) is 5.82 Å². The fourth-order valence-electron chi connectivity index (χ4n) is 3.00. The maximum Gasteiger partial charge on any atom is 0.256 e. The second-order valence-electron chi connectivity index (χ2n) is 6.00. The van der Waals surface area contributed by atoms with E-state index in [2.05, 4.69) is 11.6 Å². The average molecular weight is 423 g/mol. The predicted octanol–water partition coefficient (Wildman–Crippen LogP) is 5.84. The fraction of sp³-hybridized carbons (Fsp3) is 0.200. The highest BCUT2D eigenvalue weighted by Crippen LogP contribution is 2.25. The molecule has 0 fully saturated rings. The second-order valence-corrected chi connectivity index (χ2v) is 7.28. The number of aryl methyl sites for hydroxylation is 1. The lowest BCUT2D eigenvalue weighted by molar-refractivity contribution is 0.0757. The van der Waals surface area contributed by atoms with Gasteiger partial charge in [0, 0.05) is 23.1 Å². The highest BCUT2D eigenvalue weighted by Gasteiger charge is 2.21. The Labute approximate surface area is 173 Å². The van der Waals surface area contributed by atoms with Gasteiger partial charge in [-0.1, -0.05) is 40.9 Å². The molecule has 0 saturated carbocycles. The number of halogens is 3. The molecule has 0 aliphatic carbocycles. The van der Waals surface area contributed by atoms with Gasteiger partial charge in [0.05, 0.1) is 28.2 Å². The normalized spacial score (nSPS) is 11.0. The minimum Gasteiger partial charge on any atom is -0.327 e. The van der Waals surface area contributed by atoms with Crippen molar-refractivity contribution in [1.29, 1.82) is 0 Å². The van der Waals surface area contributed by atoms with Crippen molar-refractivity contribution in [3.8, 4) is 0 Å². The summed E-state index contributed by atoms with van der Waals surface area (Å²) < 4.78 is 2.05. The van der Waals surface area contributed by atoms with Crippen LogP contribution in [-0.4, -0.2) is 26.9 Å². The van der Waals surface area contributed by atoms with E-state index in [0.717, 1.165) is 16.9 Å². The van der Waals surface area contributed by atoms with Gasteiger partial charge in [-0.25, -0.2) is 4.98 Å². The van der Waals surface area contributed by atoms with Crippen LogP contribution in [0, 0.1) is 0 Å². The summed E-state index contributed by atoms with van der Waals surface area (Å²) in [5, 5.41) is 1.46. The topological polar surface area (TPSA) is 38.1 Å². The van der Waals surface area contributed by atoms with Crippen LogP contribution >= 0.6 is 34.8 Å². The Morgan fingerprint density at radius 1 is 1.19 bits per heavy atom. The Hall–Kier alpha value is -2.01. The van der Waals surface area contributed by atoms with E-state index in [1.165, 1.54) is 0 Å². The Bertz CT molecular complexity index is 1010. The lowest BCUT2D eigenvalue weighted by Crippen LogP contribution is -2.32. The Balaban J connectivity index is 1.99. The molecule has 4 nitrogen and oxygen atoms in total. The highest BCUT2D eigenvalue weighted by atomic mass is 35.5. The van der Waals surface area contributed by atoms with Crippen molar-refractivity contribution in [1.82, 2.24) is 14.5 Å². The molecule has 1 amide bonds. The van der Waals surface area contributed by atoms with Crippen LogP contribution in [-0.2, 0) is 13.1 Å². The van der Waals surface area contributed by atoms with Crippen molar-refractivity contribution in [3.05, 3.63) is 75.5 Å². The molecule has 1 aromatic heterocycles. The van der Waals surface area contributed by atoms with Crippen LogP contribution in [0.4, 0.5) is 0 Å². The van der Waals surface area contributed by atoms with Gasteiger partial charge in [-0.15, -0.1) is 6.58 Å². The molecule has 140 valence electrons. The smallest absolute Gasteiger partial charge is 0.256 e. The summed E-state index contributed by atoms with van der Waals surface area (Å²) in [6.45, 7) is 7.16. The van der Waals surface area contributed by atoms with Crippen molar-refractivity contribution in [3.63, 3.8) is 0 Å². The first kappa shape index (κ1) is 19.7. The van der Waals surface area contributed by atoms with Crippen LogP contribution in [0.3, 0.4) is 0 Å². The van der Waals surface area contributed by atoms with Crippen LogP contribution < -0.4 is 0 Å². The van der Waals surface area contributed by atoms with E-state index in [1.807, 2.05) is 23.6 Å². The highest BCUT2D eigenvalue weighted by molar-refractivity contribution is 6.35. The molecule has 0 aliphatic rings. The van der Waals surface area contributed by atoms with Crippen LogP contribution in [0.1, 0.15) is 23.1 Å². The Morgan fingerprint density at radius 2 is 1.89 bits per heavy atom. The number of carbonyl (C=O) groups excluding carboxylic acids is 1. The summed E-state index contributed by atoms with van der Waals surface area (Å²) in [5.74, 6) is 0.540. The van der Waals surface area contributed by atoms with E-state index >= 15 is 0 Å². The molecule has 0 aliphatic heterocycles. The zero-order valence-electron chi connectivity index (χ0n) is 14.8. The summed E-state index contributed by atoms with van der Waals surface area (Å²) in [7, 11) is 0. The van der Waals surface area contributed by atoms with Gasteiger partial charge in [0.25, 0.3) is 5.91 Å². The molecule has 1 heterocycles. The fourth-order valence-corrected chi connectivity index (χ4v) is 3.53. The van der Waals surface area contributed by atoms with Crippen molar-refractivity contribution >= 4 is 51.7 Å². The average Bonchev–Trinajstić information content (AvgIpc) is 2.99. The number of fused-ring (bicyclic) bond motifs is 1. The van der Waals surface area contributed by atoms with E-state index in [4.69, 9.17) is 34.8 Å². The van der Waals surface area contributed by atoms with Crippen LogP contribution in [0.2, 0.25) is 15.1 Å². The van der Waals surface area contributed by atoms with Crippen LogP contribution in [0.15, 0.2) is 49.1 Å². The quantitative estimate of drug-likeness (QED) is 0.468. The first-order valence-electron chi connectivity index (χ1n) is 8.44. The number of hydrogen-bond donors (Lipinski definition) is 0. The van der Waals surface area contributed by atoms with Crippen molar-refractivity contribution in [2.75, 3.05) is 6.54 Å². The molecule has 0 N–H and O–H groups in total. The molecule has 2 aromatic carbocycles. The van der Waals surface area contributed by atoms with Crippen LogP contribution in [0.25, 0.3) is 11.0 Å². The SMILES string of the molecule is C=CCN(Cc1nc2ccc(Cl)cc2n1CC)C(=O)c1cc(Cl)ccc1Cl. The summed E-state index contributed by atoms with van der Waals surface area (Å²) in [6.07, 6.45) is 1.67. The van der Waals surface area contributed by atoms with Gasteiger partial charge < -0.3 is 9.47 Å². The number of hydrogen-bond acceptors (Lipinski definition) is 2. The number of imidazole rings is 1. The molecule has 0 unspecified atom stereocenters. The molecule has 7 heteroatoms. The lowest BCUT2D eigenvalue weighted by Gasteiger charge is -2.22. The summed E-state index contributed by atoms with van der Waals surface area (Å²) >= 11 is 18.4. The number of carbonyl (C=O) groups is 1. The third-order valence-electron chi connectivity index (χ3n) is 4.23. The van der Waals surface area contributed by atoms with E-state index in [-0.39, 0.29) is 5.91 Å². The zero-order valence-corrected chi connectivity index (χ0v) is 17.0. The largest absolute Gasteiger partial charge is 0.327 e. The van der Waals surface area contributed by atoms with Crippen molar-refractivity contribution < 1.29 is 4.79 Å². The summed E-state index contributed by atoms with van der Waals surface area (Å²) in [5.41, 5.74) is 2.13. The van der Waals surface area contributed by atoms with E-state index in [1.54, 1.807) is 35.2 Å². The maximum atomic E-state index is 13.1. The Morgan fingerprint density at radius 3 is 2.59 bits per heavy atom. The summed E-state index contributed by atoms with van der Waals surface area (Å²) in [6, 6.07) is 10.4. The number of amides is 1. The summed E-state index contributed by atoms with van der Waals surface area (Å²) in [4.78, 5) is 19.4. The second kappa shape index (κ2) is 8.34. The third kappa shape index (κ3) is 4.13. The van der Waals surface area contributed by atoms with Gasteiger partial charge in [0.15, 0.2) is 0 Å². The van der Waals surface area contributed by atoms with Crippen LogP contribution in [0.5, 0.6) is 0 Å². The van der Waals surface area contributed by atoms with E-state index in [9.17, 15) is 4.79 Å². The maximum absolute atomic E-state index is 13.1. The Kier molecular flexibility index (Phi) is 6.10. The lowest BCUT2D eigenvalue weighted by atomic mass is 10.2. The molecule has 0 radical (unpaired) electrons. The van der Waals surface area contributed by atoms with Crippen molar-refractivity contribution in [2.24, 2.45) is 0 Å². The minimum absolute atomic E-state index is 0.227. The first-order valence-corrected chi connectivity index (χ1v) is 9.57. The molecule has 3 aromatic rings. The minimum atomic E-state index is -0.227. The van der Waals surface area contributed by atoms with Gasteiger partial charge in [-0.2, -0.15) is 0 Å². The van der Waals surface area contributed by atoms with Crippen molar-refractivity contribution in [2.45, 2.75) is 20.0 Å². The predicted molar refractivity (Wildman–Crippen MR) is 112 cm³/mol. The first-order chi connectivity index (χ1) is 12.9. The number of aromatic nitrogens is 2. The monoisotopic (exact) mass is 421 g/mol. The standard InChI is InChI=1S/C20H18Cl3N3O/c1-3-9-25(20(27)15-10-13(21)5-7-16(15)23)12-19-24-17-8-6-14(22)11-18(17)26(19)4-2/h3,5-8,10-11H,1,4,9,12H2,2H3. The van der Waals surface area contributed by atoms with E-state index < -0.39 is 0 Å². The molecular weight excluding hydrogens is 405 g/mol. The number of rotatable bonds is 6. The molecule has 27 heavy (non-hydrogen) atoms. The van der Waals surface area contributed by atoms with Gasteiger partial charge in [0.2, 0.25) is 0 Å². The third-order valence-corrected chi connectivity index (χ3v) is 5.03. The molecule has 0 bridgehead atoms. The molecule has 0 atom stereocenters. The molecule has 3 rings (SSSR count). The molecule has 0 saturated heterocycles. The molecular formula is C20H18Cl3N3O. The molecule has 0 spiro atoms. The number of benzene rings is 2. The van der Waals surface area contributed by atoms with Gasteiger partial charge >= 0.3 is 0 Å². The van der Waals surface area contributed by atoms with E-state index in [0.29, 0.717) is 40.3 Å². The zero-order chi connectivity index (χ0) is 19.6. The number of nitrogens with zero attached hydrogens (tertiary/aromatic N) is 3.